The van der Waals surface area contributed by atoms with Gasteiger partial charge in [-0.25, -0.2) is 13.8 Å². The zero-order valence-electron chi connectivity index (χ0n) is 19.1. The third-order valence-corrected chi connectivity index (χ3v) is 7.10. The van der Waals surface area contributed by atoms with Gasteiger partial charge in [0.25, 0.3) is 0 Å². The molecule has 1 amide bonds. The van der Waals surface area contributed by atoms with Crippen molar-refractivity contribution in [2.75, 3.05) is 0 Å². The number of carbonyl (C=O) groups excluding carboxylic acids is 1. The summed E-state index contributed by atoms with van der Waals surface area (Å²) in [6.45, 7) is -0.524. The van der Waals surface area contributed by atoms with E-state index in [1.165, 1.54) is 41.6 Å². The number of aliphatic hydroxyl groups excluding tert-OH is 1. The van der Waals surface area contributed by atoms with Crippen LogP contribution in [-0.2, 0) is 11.4 Å². The van der Waals surface area contributed by atoms with Crippen LogP contribution in [0.15, 0.2) is 43.0 Å². The minimum absolute atomic E-state index is 0.0623. The van der Waals surface area contributed by atoms with E-state index in [4.69, 9.17) is 11.6 Å². The zero-order valence-corrected chi connectivity index (χ0v) is 19.9. The Morgan fingerprint density at radius 2 is 2.03 bits per heavy atom. The van der Waals surface area contributed by atoms with Gasteiger partial charge in [-0.1, -0.05) is 11.6 Å². The number of hydrogen-bond donors (Lipinski definition) is 2. The van der Waals surface area contributed by atoms with Crippen molar-refractivity contribution >= 4 is 23.1 Å². The summed E-state index contributed by atoms with van der Waals surface area (Å²) in [5.41, 5.74) is 1.66. The normalized spacial score (nSPS) is 19.3. The second-order valence-electron chi connectivity index (χ2n) is 8.84. The van der Waals surface area contributed by atoms with Crippen LogP contribution in [0.3, 0.4) is 0 Å². The van der Waals surface area contributed by atoms with Crippen LogP contribution < -0.4 is 0 Å². The van der Waals surface area contributed by atoms with Crippen LogP contribution in [0.4, 0.5) is 8.78 Å². The second kappa shape index (κ2) is 9.12. The third-order valence-electron chi connectivity index (χ3n) is 6.81. The van der Waals surface area contributed by atoms with Crippen molar-refractivity contribution in [1.82, 2.24) is 40.1 Å². The molecule has 0 spiro atoms. The van der Waals surface area contributed by atoms with Crippen molar-refractivity contribution in [3.8, 4) is 16.9 Å². The number of imidazole rings is 1. The molecule has 5 heterocycles. The molecule has 3 aromatic heterocycles. The first-order valence-electron chi connectivity index (χ1n) is 11.5. The van der Waals surface area contributed by atoms with Crippen molar-refractivity contribution in [2.45, 2.75) is 38.0 Å². The van der Waals surface area contributed by atoms with Crippen LogP contribution in [0.1, 0.15) is 42.4 Å². The number of halogens is 3. The number of hydrogen-bond acceptors (Lipinski definition) is 7. The molecule has 2 aliphatic rings. The largest absolute Gasteiger partial charge is 0.390 e. The van der Waals surface area contributed by atoms with Gasteiger partial charge in [0.2, 0.25) is 5.91 Å². The summed E-state index contributed by atoms with van der Waals surface area (Å²) < 4.78 is 31.3. The molecule has 2 aliphatic heterocycles. The molecule has 1 fully saturated rings. The highest BCUT2D eigenvalue weighted by Gasteiger charge is 2.42. The van der Waals surface area contributed by atoms with Gasteiger partial charge in [-0.15, -0.1) is 5.10 Å². The Labute approximate surface area is 213 Å². The van der Waals surface area contributed by atoms with Crippen LogP contribution in [0.2, 0.25) is 5.02 Å². The van der Waals surface area contributed by atoms with Gasteiger partial charge < -0.3 is 15.0 Å². The Balaban J connectivity index is 1.33. The first kappa shape index (κ1) is 23.4. The van der Waals surface area contributed by atoms with Crippen molar-refractivity contribution in [3.05, 3.63) is 76.7 Å². The van der Waals surface area contributed by atoms with Crippen LogP contribution in [0, 0.1) is 11.6 Å². The molecule has 10 nitrogen and oxygen atoms in total. The molecule has 1 saturated heterocycles. The summed E-state index contributed by atoms with van der Waals surface area (Å²) in [5, 5.41) is 20.3. The van der Waals surface area contributed by atoms with E-state index in [0.717, 1.165) is 0 Å². The van der Waals surface area contributed by atoms with E-state index in [-0.39, 0.29) is 39.8 Å². The van der Waals surface area contributed by atoms with E-state index in [1.54, 1.807) is 11.0 Å². The predicted octanol–water partition coefficient (Wildman–Crippen LogP) is 3.39. The molecule has 13 heteroatoms. The first-order valence-corrected chi connectivity index (χ1v) is 11.9. The lowest BCUT2D eigenvalue weighted by Crippen LogP contribution is -2.39. The number of benzene rings is 1. The highest BCUT2D eigenvalue weighted by molar-refractivity contribution is 6.31. The summed E-state index contributed by atoms with van der Waals surface area (Å²) in [7, 11) is 0. The fraction of sp³-hybridized carbons (Fsp3) is 0.250. The van der Waals surface area contributed by atoms with E-state index in [0.29, 0.717) is 42.0 Å². The minimum Gasteiger partial charge on any atom is -0.390 e. The Morgan fingerprint density at radius 3 is 2.81 bits per heavy atom. The lowest BCUT2D eigenvalue weighted by molar-refractivity contribution is -0.129. The molecule has 0 radical (unpaired) electrons. The lowest BCUT2D eigenvalue weighted by Gasteiger charge is -2.33. The molecule has 6 rings (SSSR count). The Morgan fingerprint density at radius 1 is 1.16 bits per heavy atom. The number of fused-ring (bicyclic) bond motifs is 1. The Kier molecular flexibility index (Phi) is 5.76. The fourth-order valence-corrected chi connectivity index (χ4v) is 5.31. The molecule has 2 N–H and O–H groups in total. The molecule has 0 saturated carbocycles. The maximum absolute atomic E-state index is 15.3. The fourth-order valence-electron chi connectivity index (χ4n) is 5.15. The SMILES string of the molecule is O=C1C=C(c2c(-n3cnnn3)ccc(Cl)c2F)CC2CCC(c3ncc(-c4ccnc(CO)c4F)[nH]3)N12. The van der Waals surface area contributed by atoms with Crippen molar-refractivity contribution < 1.29 is 18.7 Å². The zero-order chi connectivity index (χ0) is 25.7. The average molecular weight is 525 g/mol. The molecule has 2 unspecified atom stereocenters. The topological polar surface area (TPSA) is 126 Å². The summed E-state index contributed by atoms with van der Waals surface area (Å²) in [4.78, 5) is 26.5. The number of carbonyl (C=O) groups is 1. The number of aromatic amines is 1. The van der Waals surface area contributed by atoms with Gasteiger partial charge in [0, 0.05) is 29.4 Å². The molecule has 37 heavy (non-hydrogen) atoms. The van der Waals surface area contributed by atoms with E-state index in [9.17, 15) is 14.3 Å². The third kappa shape index (κ3) is 3.89. The molecule has 188 valence electrons. The monoisotopic (exact) mass is 524 g/mol. The number of tetrazole rings is 1. The highest BCUT2D eigenvalue weighted by atomic mass is 35.5. The van der Waals surface area contributed by atoms with Crippen LogP contribution in [0.25, 0.3) is 22.5 Å². The van der Waals surface area contributed by atoms with E-state index >= 15 is 4.39 Å². The highest BCUT2D eigenvalue weighted by Crippen LogP contribution is 2.44. The number of nitrogens with one attached hydrogen (secondary N) is 1. The van der Waals surface area contributed by atoms with Gasteiger partial charge in [-0.2, -0.15) is 4.68 Å². The van der Waals surface area contributed by atoms with E-state index in [2.05, 4.69) is 30.5 Å². The van der Waals surface area contributed by atoms with Crippen molar-refractivity contribution in [2.24, 2.45) is 0 Å². The number of aliphatic hydroxyl groups is 1. The van der Waals surface area contributed by atoms with Gasteiger partial charge in [0.15, 0.2) is 11.6 Å². The molecule has 4 aromatic rings. The standard InChI is InChI=1S/C24H19ClF2N8O2/c25-15-2-4-18(34-11-30-32-33-34)21(23(15)27)12-7-13-1-3-19(35(13)20(37)8-12)24-29-9-16(31-24)14-5-6-28-17(10-36)22(14)26/h2,4-6,8-9,11,13,19,36H,1,3,7,10H2,(H,29,31). The Hall–Kier alpha value is -4.03. The summed E-state index contributed by atoms with van der Waals surface area (Å²) in [6.07, 6.45) is 7.37. The van der Waals surface area contributed by atoms with Gasteiger partial charge in [0.05, 0.1) is 35.2 Å². The van der Waals surface area contributed by atoms with Gasteiger partial charge in [0.1, 0.15) is 17.8 Å². The lowest BCUT2D eigenvalue weighted by atomic mass is 9.92. The van der Waals surface area contributed by atoms with Gasteiger partial charge in [-0.05, 0) is 53.5 Å². The minimum atomic E-state index is -0.644. The molecule has 0 aliphatic carbocycles. The maximum Gasteiger partial charge on any atom is 0.247 e. The predicted molar refractivity (Wildman–Crippen MR) is 127 cm³/mol. The van der Waals surface area contributed by atoms with E-state index < -0.39 is 18.2 Å². The smallest absolute Gasteiger partial charge is 0.247 e. The van der Waals surface area contributed by atoms with Crippen molar-refractivity contribution in [3.63, 3.8) is 0 Å². The number of rotatable bonds is 5. The second-order valence-corrected chi connectivity index (χ2v) is 9.24. The van der Waals surface area contributed by atoms with Crippen LogP contribution in [-0.4, -0.2) is 57.1 Å². The summed E-state index contributed by atoms with van der Waals surface area (Å²) in [6, 6.07) is 3.98. The number of amides is 1. The van der Waals surface area contributed by atoms with Crippen LogP contribution in [0.5, 0.6) is 0 Å². The average Bonchev–Trinajstić information content (AvgIpc) is 3.66. The summed E-state index contributed by atoms with van der Waals surface area (Å²) in [5.74, 6) is -1.04. The molecular weight excluding hydrogens is 506 g/mol. The molecule has 1 aromatic carbocycles. The quantitative estimate of drug-likeness (QED) is 0.410. The van der Waals surface area contributed by atoms with Crippen molar-refractivity contribution in [1.29, 1.82) is 0 Å². The van der Waals surface area contributed by atoms with E-state index in [1.807, 2.05) is 0 Å². The first-order chi connectivity index (χ1) is 18.0. The molecule has 2 atom stereocenters. The molecule has 0 bridgehead atoms. The van der Waals surface area contributed by atoms with Gasteiger partial charge >= 0.3 is 0 Å². The number of nitrogens with zero attached hydrogens (tertiary/aromatic N) is 7. The van der Waals surface area contributed by atoms with Crippen LogP contribution >= 0.6 is 11.6 Å². The number of H-pyrrole nitrogens is 1. The van der Waals surface area contributed by atoms with Gasteiger partial charge in [-0.3, -0.25) is 9.78 Å². The molecular formula is C24H19ClF2N8O2. The maximum atomic E-state index is 15.3. The number of aromatic nitrogens is 7. The Bertz CT molecular complexity index is 1540. The summed E-state index contributed by atoms with van der Waals surface area (Å²) >= 11 is 6.08. The number of pyridine rings is 1.